The van der Waals surface area contributed by atoms with Gasteiger partial charge in [-0.1, -0.05) is 24.3 Å². The van der Waals surface area contributed by atoms with Crippen molar-refractivity contribution < 1.29 is 4.79 Å². The molecule has 2 N–H and O–H groups in total. The van der Waals surface area contributed by atoms with E-state index in [2.05, 4.69) is 40.5 Å². The molecule has 0 unspecified atom stereocenters. The van der Waals surface area contributed by atoms with Crippen LogP contribution >= 0.6 is 0 Å². The third kappa shape index (κ3) is 3.60. The number of nitrogens with zero attached hydrogens (tertiary/aromatic N) is 2. The molecule has 2 heterocycles. The first kappa shape index (κ1) is 17.7. The van der Waals surface area contributed by atoms with E-state index in [1.54, 1.807) is 0 Å². The predicted octanol–water partition coefficient (Wildman–Crippen LogP) is 3.75. The molecule has 2 aromatic carbocycles. The van der Waals surface area contributed by atoms with Gasteiger partial charge in [-0.25, -0.2) is 0 Å². The van der Waals surface area contributed by atoms with Crippen LogP contribution in [0.5, 0.6) is 0 Å². The zero-order chi connectivity index (χ0) is 18.8. The summed E-state index contributed by atoms with van der Waals surface area (Å²) in [6.45, 7) is 3.96. The van der Waals surface area contributed by atoms with Crippen molar-refractivity contribution in [2.45, 2.75) is 32.2 Å². The lowest BCUT2D eigenvalue weighted by atomic mass is 10.0. The molecule has 0 saturated carbocycles. The van der Waals surface area contributed by atoms with Crippen LogP contribution in [0.1, 0.15) is 35.2 Å². The molecule has 5 heteroatoms. The Hall–Kier alpha value is -2.66. The zero-order valence-electron chi connectivity index (χ0n) is 16.0. The summed E-state index contributed by atoms with van der Waals surface area (Å²) < 4.78 is 0. The summed E-state index contributed by atoms with van der Waals surface area (Å²) in [6, 6.07) is 14.4. The van der Waals surface area contributed by atoms with Crippen molar-refractivity contribution in [2.75, 3.05) is 20.1 Å². The molecular weight excluding hydrogens is 336 g/mol. The number of benzene rings is 2. The highest BCUT2D eigenvalue weighted by atomic mass is 16.1. The maximum atomic E-state index is 12.6. The first-order chi connectivity index (χ1) is 13.1. The van der Waals surface area contributed by atoms with E-state index in [9.17, 15) is 4.79 Å². The fourth-order valence-corrected chi connectivity index (χ4v) is 4.06. The minimum atomic E-state index is -0.0194. The van der Waals surface area contributed by atoms with Gasteiger partial charge in [0, 0.05) is 29.1 Å². The van der Waals surface area contributed by atoms with Crippen LogP contribution in [0.25, 0.3) is 22.2 Å². The average Bonchev–Trinajstić information content (AvgIpc) is 3.29. The van der Waals surface area contributed by atoms with E-state index in [0.29, 0.717) is 18.2 Å². The minimum Gasteiger partial charge on any atom is -0.352 e. The molecule has 1 fully saturated rings. The maximum Gasteiger partial charge on any atom is 0.251 e. The number of carbonyl (C=O) groups is 1. The van der Waals surface area contributed by atoms with Gasteiger partial charge in [0.25, 0.3) is 5.91 Å². The van der Waals surface area contributed by atoms with Crippen molar-refractivity contribution in [1.82, 2.24) is 20.4 Å². The molecule has 1 saturated heterocycles. The van der Waals surface area contributed by atoms with Crippen molar-refractivity contribution in [2.24, 2.45) is 0 Å². The van der Waals surface area contributed by atoms with Crippen LogP contribution in [0.4, 0.5) is 0 Å². The smallest absolute Gasteiger partial charge is 0.251 e. The van der Waals surface area contributed by atoms with E-state index in [0.717, 1.165) is 35.1 Å². The topological polar surface area (TPSA) is 61.0 Å². The number of aryl methyl sites for hydroxylation is 1. The van der Waals surface area contributed by atoms with E-state index >= 15 is 0 Å². The molecular formula is C22H26N4O. The minimum absolute atomic E-state index is 0.0194. The molecule has 0 aliphatic carbocycles. The fraction of sp³-hybridized carbons (Fsp3) is 0.364. The van der Waals surface area contributed by atoms with Gasteiger partial charge >= 0.3 is 0 Å². The van der Waals surface area contributed by atoms with Crippen molar-refractivity contribution in [3.8, 4) is 11.3 Å². The molecule has 5 nitrogen and oxygen atoms in total. The maximum absolute atomic E-state index is 12.6. The number of hydrogen-bond acceptors (Lipinski definition) is 3. The number of H-pyrrole nitrogens is 1. The standard InChI is InChI=1S/C22H26N4O/c1-15-6-3-10-19-20(15)21(25-24-19)16-7-4-8-17(14-16)22(27)23-12-11-18-9-5-13-26(18)2/h3-4,6-8,10,14,18H,5,9,11-13H2,1-2H3,(H,23,27)(H,24,25)/t18-/m0/s1. The second-order valence-corrected chi connectivity index (χ2v) is 7.47. The number of hydrogen-bond donors (Lipinski definition) is 2. The van der Waals surface area contributed by atoms with Crippen molar-refractivity contribution >= 4 is 16.8 Å². The summed E-state index contributed by atoms with van der Waals surface area (Å²) in [6.07, 6.45) is 3.49. The Balaban J connectivity index is 1.49. The van der Waals surface area contributed by atoms with Gasteiger partial charge in [-0.05, 0) is 63.5 Å². The number of amides is 1. The molecule has 1 atom stereocenters. The Morgan fingerprint density at radius 3 is 2.96 bits per heavy atom. The number of aromatic amines is 1. The number of aromatic nitrogens is 2. The van der Waals surface area contributed by atoms with E-state index in [1.807, 2.05) is 36.4 Å². The number of fused-ring (bicyclic) bond motifs is 1. The molecule has 0 spiro atoms. The SMILES string of the molecule is Cc1cccc2[nH]nc(-c3cccc(C(=O)NCC[C@@H]4CCCN4C)c3)c12. The monoisotopic (exact) mass is 362 g/mol. The summed E-state index contributed by atoms with van der Waals surface area (Å²) in [5.74, 6) is -0.0194. The highest BCUT2D eigenvalue weighted by Crippen LogP contribution is 2.29. The molecule has 140 valence electrons. The second kappa shape index (κ2) is 7.53. The summed E-state index contributed by atoms with van der Waals surface area (Å²) >= 11 is 0. The van der Waals surface area contributed by atoms with E-state index in [-0.39, 0.29) is 5.91 Å². The molecule has 1 amide bonds. The Kier molecular flexibility index (Phi) is 4.94. The predicted molar refractivity (Wildman–Crippen MR) is 109 cm³/mol. The van der Waals surface area contributed by atoms with Crippen molar-refractivity contribution in [3.05, 3.63) is 53.6 Å². The molecule has 0 bridgehead atoms. The quantitative estimate of drug-likeness (QED) is 0.727. The lowest BCUT2D eigenvalue weighted by Crippen LogP contribution is -2.31. The molecule has 1 aliphatic rings. The molecule has 1 aliphatic heterocycles. The largest absolute Gasteiger partial charge is 0.352 e. The van der Waals surface area contributed by atoms with E-state index in [4.69, 9.17) is 0 Å². The third-order valence-electron chi connectivity index (χ3n) is 5.63. The highest BCUT2D eigenvalue weighted by molar-refractivity contribution is 5.98. The van der Waals surface area contributed by atoms with Gasteiger partial charge in [-0.15, -0.1) is 0 Å². The Morgan fingerprint density at radius 1 is 1.30 bits per heavy atom. The van der Waals surface area contributed by atoms with E-state index in [1.165, 1.54) is 18.4 Å². The van der Waals surface area contributed by atoms with Gasteiger partial charge in [-0.3, -0.25) is 9.89 Å². The van der Waals surface area contributed by atoms with Gasteiger partial charge in [0.1, 0.15) is 5.69 Å². The summed E-state index contributed by atoms with van der Waals surface area (Å²) in [7, 11) is 2.17. The fourth-order valence-electron chi connectivity index (χ4n) is 4.06. The van der Waals surface area contributed by atoms with Gasteiger partial charge in [0.05, 0.1) is 5.52 Å². The van der Waals surface area contributed by atoms with Gasteiger partial charge in [0.15, 0.2) is 0 Å². The molecule has 0 radical (unpaired) electrons. The van der Waals surface area contributed by atoms with Gasteiger partial charge in [0.2, 0.25) is 0 Å². The first-order valence-corrected chi connectivity index (χ1v) is 9.66. The molecule has 1 aromatic heterocycles. The normalized spacial score (nSPS) is 17.5. The Morgan fingerprint density at radius 2 is 2.15 bits per heavy atom. The average molecular weight is 362 g/mol. The summed E-state index contributed by atoms with van der Waals surface area (Å²) in [5, 5.41) is 11.8. The molecule has 3 aromatic rings. The van der Waals surface area contributed by atoms with Crippen LogP contribution < -0.4 is 5.32 Å². The molecule has 4 rings (SSSR count). The van der Waals surface area contributed by atoms with E-state index < -0.39 is 0 Å². The summed E-state index contributed by atoms with van der Waals surface area (Å²) in [4.78, 5) is 15.0. The lowest BCUT2D eigenvalue weighted by molar-refractivity contribution is 0.0950. The van der Waals surface area contributed by atoms with Crippen LogP contribution in [0.2, 0.25) is 0 Å². The van der Waals surface area contributed by atoms with Crippen LogP contribution in [0, 0.1) is 6.92 Å². The van der Waals surface area contributed by atoms with Crippen molar-refractivity contribution in [1.29, 1.82) is 0 Å². The number of nitrogens with one attached hydrogen (secondary N) is 2. The zero-order valence-corrected chi connectivity index (χ0v) is 16.0. The summed E-state index contributed by atoms with van der Waals surface area (Å²) in [5.41, 5.74) is 4.72. The van der Waals surface area contributed by atoms with Crippen LogP contribution in [0.3, 0.4) is 0 Å². The second-order valence-electron chi connectivity index (χ2n) is 7.47. The number of carbonyl (C=O) groups excluding carboxylic acids is 1. The highest BCUT2D eigenvalue weighted by Gasteiger charge is 2.20. The van der Waals surface area contributed by atoms with Gasteiger partial charge in [-0.2, -0.15) is 5.10 Å². The lowest BCUT2D eigenvalue weighted by Gasteiger charge is -2.19. The third-order valence-corrected chi connectivity index (χ3v) is 5.63. The van der Waals surface area contributed by atoms with Crippen LogP contribution in [0.15, 0.2) is 42.5 Å². The Bertz CT molecular complexity index is 962. The van der Waals surface area contributed by atoms with Crippen LogP contribution in [-0.2, 0) is 0 Å². The van der Waals surface area contributed by atoms with Crippen LogP contribution in [-0.4, -0.2) is 47.2 Å². The Labute approximate surface area is 159 Å². The van der Waals surface area contributed by atoms with Crippen molar-refractivity contribution in [3.63, 3.8) is 0 Å². The first-order valence-electron chi connectivity index (χ1n) is 9.66. The number of rotatable bonds is 5. The van der Waals surface area contributed by atoms with Gasteiger partial charge < -0.3 is 10.2 Å². The number of likely N-dealkylation sites (tertiary alicyclic amines) is 1. The molecule has 27 heavy (non-hydrogen) atoms.